The second-order valence-electron chi connectivity index (χ2n) is 3.64. The van der Waals surface area contributed by atoms with Crippen molar-refractivity contribution in [2.24, 2.45) is 5.73 Å². The molecule has 1 aromatic carbocycles. The summed E-state index contributed by atoms with van der Waals surface area (Å²) < 4.78 is 0. The Labute approximate surface area is 108 Å². The molecule has 0 saturated carbocycles. The minimum Gasteiger partial charge on any atom is -0.368 e. The normalized spacial score (nSPS) is 17.6. The van der Waals surface area contributed by atoms with E-state index in [2.05, 4.69) is 0 Å². The van der Waals surface area contributed by atoms with Crippen LogP contribution in [0.2, 0.25) is 0 Å². The van der Waals surface area contributed by atoms with Gasteiger partial charge >= 0.3 is 0 Å². The molecule has 0 atom stereocenters. The lowest BCUT2D eigenvalue weighted by molar-refractivity contribution is -0.127. The minimum atomic E-state index is -0.710. The van der Waals surface area contributed by atoms with Crippen LogP contribution in [0.5, 0.6) is 0 Å². The first-order valence-electron chi connectivity index (χ1n) is 5.16. The third-order valence-electron chi connectivity index (χ3n) is 2.28. The fraction of sp³-hybridized carbons (Fsp3) is 0.0833. The summed E-state index contributed by atoms with van der Waals surface area (Å²) in [6, 6.07) is 9.17. The van der Waals surface area contributed by atoms with Crippen molar-refractivity contribution in [3.63, 3.8) is 0 Å². The Morgan fingerprint density at radius 3 is 2.56 bits per heavy atom. The maximum absolute atomic E-state index is 11.9. The summed E-state index contributed by atoms with van der Waals surface area (Å²) in [6.45, 7) is -0.378. The van der Waals surface area contributed by atoms with E-state index in [0.29, 0.717) is 4.91 Å². The molecule has 2 rings (SSSR count). The molecule has 92 valence electrons. The molecule has 0 radical (unpaired) electrons. The number of imide groups is 1. The number of nitrogens with zero attached hydrogens (tertiary/aromatic N) is 1. The molecule has 1 aliphatic rings. The Morgan fingerprint density at radius 2 is 1.94 bits per heavy atom. The molecule has 18 heavy (non-hydrogen) atoms. The van der Waals surface area contributed by atoms with E-state index in [1.807, 2.05) is 30.3 Å². The van der Waals surface area contributed by atoms with Gasteiger partial charge in [0.2, 0.25) is 5.91 Å². The van der Waals surface area contributed by atoms with Crippen LogP contribution in [0.1, 0.15) is 5.56 Å². The number of hydrogen-bond donors (Lipinski definition) is 1. The van der Waals surface area contributed by atoms with Crippen LogP contribution in [-0.2, 0) is 9.59 Å². The first-order chi connectivity index (χ1) is 8.58. The molecular weight excluding hydrogens is 252 g/mol. The standard InChI is InChI=1S/C12H10N2O3S/c13-10(15)7-14-11(16)9(18-12(14)17)6-8-4-2-1-3-5-8/h1-6H,7H2,(H2,13,15)/b9-6-. The topological polar surface area (TPSA) is 80.5 Å². The van der Waals surface area contributed by atoms with Crippen LogP contribution in [0.3, 0.4) is 0 Å². The van der Waals surface area contributed by atoms with Crippen LogP contribution < -0.4 is 5.73 Å². The van der Waals surface area contributed by atoms with Crippen molar-refractivity contribution in [1.82, 2.24) is 4.90 Å². The van der Waals surface area contributed by atoms with Gasteiger partial charge < -0.3 is 5.73 Å². The van der Waals surface area contributed by atoms with Crippen LogP contribution in [0.4, 0.5) is 4.79 Å². The molecule has 1 aliphatic heterocycles. The highest BCUT2D eigenvalue weighted by Gasteiger charge is 2.35. The highest BCUT2D eigenvalue weighted by atomic mass is 32.2. The lowest BCUT2D eigenvalue weighted by Crippen LogP contribution is -2.36. The van der Waals surface area contributed by atoms with Crippen molar-refractivity contribution in [3.8, 4) is 0 Å². The van der Waals surface area contributed by atoms with Crippen molar-refractivity contribution in [2.45, 2.75) is 0 Å². The average Bonchev–Trinajstić information content (AvgIpc) is 2.58. The van der Waals surface area contributed by atoms with E-state index in [0.717, 1.165) is 22.2 Å². The van der Waals surface area contributed by atoms with Gasteiger partial charge in [-0.25, -0.2) is 0 Å². The van der Waals surface area contributed by atoms with Gasteiger partial charge in [0.15, 0.2) is 0 Å². The summed E-state index contributed by atoms with van der Waals surface area (Å²) in [4.78, 5) is 35.3. The zero-order valence-corrected chi connectivity index (χ0v) is 10.1. The fourth-order valence-electron chi connectivity index (χ4n) is 1.49. The molecule has 1 fully saturated rings. The predicted molar refractivity (Wildman–Crippen MR) is 68.3 cm³/mol. The van der Waals surface area contributed by atoms with Crippen LogP contribution in [0.15, 0.2) is 35.2 Å². The van der Waals surface area contributed by atoms with Crippen molar-refractivity contribution < 1.29 is 14.4 Å². The number of hydrogen-bond acceptors (Lipinski definition) is 4. The van der Waals surface area contributed by atoms with Crippen LogP contribution in [0, 0.1) is 0 Å². The highest BCUT2D eigenvalue weighted by Crippen LogP contribution is 2.31. The van der Waals surface area contributed by atoms with Crippen molar-refractivity contribution in [2.75, 3.05) is 6.54 Å². The van der Waals surface area contributed by atoms with Gasteiger partial charge in [-0.05, 0) is 23.4 Å². The molecule has 2 N–H and O–H groups in total. The predicted octanol–water partition coefficient (Wildman–Crippen LogP) is 1.21. The van der Waals surface area contributed by atoms with Crippen LogP contribution in [-0.4, -0.2) is 28.5 Å². The monoisotopic (exact) mass is 262 g/mol. The fourth-order valence-corrected chi connectivity index (χ4v) is 2.33. The third-order valence-corrected chi connectivity index (χ3v) is 3.19. The van der Waals surface area contributed by atoms with Crippen LogP contribution in [0.25, 0.3) is 6.08 Å². The second-order valence-corrected chi connectivity index (χ2v) is 4.64. The van der Waals surface area contributed by atoms with Gasteiger partial charge in [0.1, 0.15) is 6.54 Å². The van der Waals surface area contributed by atoms with E-state index in [1.54, 1.807) is 6.08 Å². The lowest BCUT2D eigenvalue weighted by atomic mass is 10.2. The number of thioether (sulfide) groups is 1. The van der Waals surface area contributed by atoms with E-state index in [9.17, 15) is 14.4 Å². The molecule has 1 aromatic rings. The van der Waals surface area contributed by atoms with Gasteiger partial charge in [-0.2, -0.15) is 0 Å². The number of amides is 3. The molecule has 0 aromatic heterocycles. The number of carbonyl (C=O) groups excluding carboxylic acids is 3. The molecule has 0 bridgehead atoms. The Balaban J connectivity index is 2.23. The van der Waals surface area contributed by atoms with E-state index in [-0.39, 0.29) is 6.54 Å². The summed E-state index contributed by atoms with van der Waals surface area (Å²) >= 11 is 0.809. The van der Waals surface area contributed by atoms with Crippen LogP contribution >= 0.6 is 11.8 Å². The summed E-state index contributed by atoms with van der Waals surface area (Å²) in [6.07, 6.45) is 1.62. The summed E-state index contributed by atoms with van der Waals surface area (Å²) in [5.41, 5.74) is 5.80. The number of nitrogens with two attached hydrogens (primary N) is 1. The summed E-state index contributed by atoms with van der Waals surface area (Å²) in [7, 11) is 0. The SMILES string of the molecule is NC(=O)CN1C(=O)S/C(=C\c2ccccc2)C1=O. The molecule has 5 nitrogen and oxygen atoms in total. The zero-order valence-electron chi connectivity index (χ0n) is 9.33. The summed E-state index contributed by atoms with van der Waals surface area (Å²) in [5, 5.41) is -0.471. The Kier molecular flexibility index (Phi) is 3.47. The van der Waals surface area contributed by atoms with Gasteiger partial charge in [-0.15, -0.1) is 0 Å². The zero-order chi connectivity index (χ0) is 13.1. The number of carbonyl (C=O) groups is 3. The largest absolute Gasteiger partial charge is 0.368 e. The molecule has 1 saturated heterocycles. The number of benzene rings is 1. The highest BCUT2D eigenvalue weighted by molar-refractivity contribution is 8.18. The van der Waals surface area contributed by atoms with Crippen molar-refractivity contribution >= 4 is 34.9 Å². The second kappa shape index (κ2) is 5.05. The number of rotatable bonds is 3. The Bertz CT molecular complexity index is 540. The molecular formula is C12H10N2O3S. The third kappa shape index (κ3) is 2.60. The smallest absolute Gasteiger partial charge is 0.294 e. The van der Waals surface area contributed by atoms with Crippen molar-refractivity contribution in [1.29, 1.82) is 0 Å². The van der Waals surface area contributed by atoms with E-state index >= 15 is 0 Å². The van der Waals surface area contributed by atoms with Gasteiger partial charge in [0, 0.05) is 0 Å². The van der Waals surface area contributed by atoms with Crippen molar-refractivity contribution in [3.05, 3.63) is 40.8 Å². The lowest BCUT2D eigenvalue weighted by Gasteiger charge is -2.08. The van der Waals surface area contributed by atoms with Gasteiger partial charge in [0.05, 0.1) is 4.91 Å². The molecule has 1 heterocycles. The van der Waals surface area contributed by atoms with E-state index in [4.69, 9.17) is 5.73 Å². The molecule has 0 unspecified atom stereocenters. The van der Waals surface area contributed by atoms with E-state index in [1.165, 1.54) is 0 Å². The van der Waals surface area contributed by atoms with Gasteiger partial charge in [0.25, 0.3) is 11.1 Å². The minimum absolute atomic E-state index is 0.299. The Hall–Kier alpha value is -2.08. The molecule has 0 spiro atoms. The molecule has 0 aliphatic carbocycles. The maximum atomic E-state index is 11.9. The van der Waals surface area contributed by atoms with Gasteiger partial charge in [-0.1, -0.05) is 30.3 Å². The Morgan fingerprint density at radius 1 is 1.28 bits per heavy atom. The number of primary amides is 1. The average molecular weight is 262 g/mol. The first-order valence-corrected chi connectivity index (χ1v) is 5.98. The van der Waals surface area contributed by atoms with Gasteiger partial charge in [-0.3, -0.25) is 19.3 Å². The quantitative estimate of drug-likeness (QED) is 0.830. The maximum Gasteiger partial charge on any atom is 0.294 e. The summed E-state index contributed by atoms with van der Waals surface area (Å²) in [5.74, 6) is -1.19. The molecule has 6 heteroatoms. The van der Waals surface area contributed by atoms with E-state index < -0.39 is 17.1 Å². The molecule has 3 amide bonds. The first kappa shape index (κ1) is 12.4.